The standard InChI is InChI=1S/C21H16ClF3N6O4S/c1-26-20(32)17-9-13(7-8-27-17)35-14-10-16-19(28-12-30(22)29-16)18(11-14)31(21(23,24)25)36(33,34)15-5-3-2-4-6-15/h2-12,29H,1H3,(H,26,32). The van der Waals surface area contributed by atoms with Gasteiger partial charge in [-0.15, -0.1) is 13.2 Å². The normalized spacial score (nSPS) is 13.0. The van der Waals surface area contributed by atoms with Crippen LogP contribution in [0.2, 0.25) is 0 Å². The van der Waals surface area contributed by atoms with E-state index >= 15 is 0 Å². The summed E-state index contributed by atoms with van der Waals surface area (Å²) in [6.07, 6.45) is -3.14. The van der Waals surface area contributed by atoms with E-state index in [4.69, 9.17) is 16.5 Å². The van der Waals surface area contributed by atoms with E-state index in [1.54, 1.807) is 0 Å². The first kappa shape index (κ1) is 25.1. The molecule has 15 heteroatoms. The Labute approximate surface area is 208 Å². The number of hydrogen-bond acceptors (Lipinski definition) is 8. The molecule has 0 spiro atoms. The number of anilines is 2. The second-order valence-electron chi connectivity index (χ2n) is 7.11. The van der Waals surface area contributed by atoms with E-state index in [9.17, 15) is 26.4 Å². The number of ether oxygens (including phenoxy) is 1. The summed E-state index contributed by atoms with van der Waals surface area (Å²) in [5, 5.41) is 2.39. The lowest BCUT2D eigenvalue weighted by Gasteiger charge is -2.30. The number of nitrogens with one attached hydrogen (secondary N) is 2. The average Bonchev–Trinajstić information content (AvgIpc) is 2.83. The lowest BCUT2D eigenvalue weighted by Crippen LogP contribution is -2.43. The number of sulfonamides is 1. The van der Waals surface area contributed by atoms with E-state index in [0.29, 0.717) is 0 Å². The zero-order chi connectivity index (χ0) is 26.1. The number of fused-ring (bicyclic) bond motifs is 1. The number of aliphatic imine (C=N–C) groups is 1. The number of halogens is 4. The molecule has 3 aromatic rings. The van der Waals surface area contributed by atoms with Crippen LogP contribution in [-0.4, -0.2) is 43.5 Å². The predicted octanol–water partition coefficient (Wildman–Crippen LogP) is 4.40. The van der Waals surface area contributed by atoms with Gasteiger partial charge in [0.1, 0.15) is 29.2 Å². The minimum Gasteiger partial charge on any atom is -0.457 e. The van der Waals surface area contributed by atoms with Crippen molar-refractivity contribution in [3.05, 3.63) is 66.5 Å². The molecule has 188 valence electrons. The zero-order valence-corrected chi connectivity index (χ0v) is 19.8. The number of aromatic nitrogens is 1. The summed E-state index contributed by atoms with van der Waals surface area (Å²) in [7, 11) is -3.73. The van der Waals surface area contributed by atoms with Gasteiger partial charge in [0.15, 0.2) is 0 Å². The van der Waals surface area contributed by atoms with Crippen LogP contribution in [0.15, 0.2) is 70.7 Å². The van der Waals surface area contributed by atoms with Crippen LogP contribution in [0.5, 0.6) is 11.5 Å². The van der Waals surface area contributed by atoms with Gasteiger partial charge < -0.3 is 10.1 Å². The molecule has 0 saturated heterocycles. The SMILES string of the molecule is CNC(=O)c1cc(Oc2cc3c(c(N(C(F)(F)F)S(=O)(=O)c4ccccc4)c2)N=CN(Cl)N3)ccn1. The van der Waals surface area contributed by atoms with Gasteiger partial charge in [-0.2, -0.15) is 8.83 Å². The molecule has 4 rings (SSSR count). The van der Waals surface area contributed by atoms with Gasteiger partial charge in [0.2, 0.25) is 0 Å². The first-order chi connectivity index (χ1) is 17.0. The monoisotopic (exact) mass is 540 g/mol. The van der Waals surface area contributed by atoms with Crippen molar-refractivity contribution < 1.29 is 31.1 Å². The number of benzene rings is 2. The number of carbonyl (C=O) groups is 1. The topological polar surface area (TPSA) is 116 Å². The molecule has 2 N–H and O–H groups in total. The Morgan fingerprint density at radius 3 is 2.53 bits per heavy atom. The van der Waals surface area contributed by atoms with Crippen molar-refractivity contribution in [3.63, 3.8) is 0 Å². The molecule has 0 fully saturated rings. The van der Waals surface area contributed by atoms with Crippen LogP contribution in [0.1, 0.15) is 10.5 Å². The maximum absolute atomic E-state index is 14.3. The zero-order valence-electron chi connectivity index (χ0n) is 18.2. The van der Waals surface area contributed by atoms with Gasteiger partial charge in [0.25, 0.3) is 15.9 Å². The molecule has 1 aromatic heterocycles. The Morgan fingerprint density at radius 2 is 1.86 bits per heavy atom. The molecule has 2 aromatic carbocycles. The third kappa shape index (κ3) is 4.99. The number of hydrogen-bond donors (Lipinski definition) is 2. The van der Waals surface area contributed by atoms with Crippen LogP contribution in [-0.2, 0) is 10.0 Å². The molecule has 2 heterocycles. The van der Waals surface area contributed by atoms with Gasteiger partial charge in [-0.3, -0.25) is 15.2 Å². The molecule has 1 aliphatic rings. The summed E-state index contributed by atoms with van der Waals surface area (Å²) in [6, 6.07) is 10.9. The van der Waals surface area contributed by atoms with Crippen LogP contribution in [0, 0.1) is 0 Å². The number of alkyl halides is 3. The molecular formula is C21H16ClF3N6O4S. The Hall–Kier alpha value is -4.04. The molecule has 36 heavy (non-hydrogen) atoms. The molecule has 0 bridgehead atoms. The molecule has 0 radical (unpaired) electrons. The van der Waals surface area contributed by atoms with E-state index in [2.05, 4.69) is 20.7 Å². The first-order valence-electron chi connectivity index (χ1n) is 9.98. The van der Waals surface area contributed by atoms with E-state index in [0.717, 1.165) is 29.1 Å². The van der Waals surface area contributed by atoms with Crippen molar-refractivity contribution in [1.29, 1.82) is 0 Å². The van der Waals surface area contributed by atoms with E-state index in [-0.39, 0.29) is 28.6 Å². The second kappa shape index (κ2) is 9.54. The number of nitrogens with zero attached hydrogens (tertiary/aromatic N) is 4. The van der Waals surface area contributed by atoms with Crippen LogP contribution >= 0.6 is 11.8 Å². The molecule has 1 aliphatic heterocycles. The highest BCUT2D eigenvalue weighted by atomic mass is 35.5. The highest BCUT2D eigenvalue weighted by Gasteiger charge is 2.48. The van der Waals surface area contributed by atoms with Gasteiger partial charge in [0, 0.05) is 43.2 Å². The smallest absolute Gasteiger partial charge is 0.457 e. The fourth-order valence-electron chi connectivity index (χ4n) is 3.24. The van der Waals surface area contributed by atoms with Gasteiger partial charge >= 0.3 is 6.30 Å². The maximum atomic E-state index is 14.3. The minimum absolute atomic E-state index is 0.00795. The summed E-state index contributed by atoms with van der Waals surface area (Å²) < 4.78 is 75.1. The van der Waals surface area contributed by atoms with E-state index < -0.39 is 37.1 Å². The van der Waals surface area contributed by atoms with Crippen molar-refractivity contribution in [2.75, 3.05) is 16.8 Å². The quantitative estimate of drug-likeness (QED) is 0.351. The lowest BCUT2D eigenvalue weighted by molar-refractivity contribution is -0.115. The Bertz CT molecular complexity index is 1440. The third-order valence-electron chi connectivity index (χ3n) is 4.74. The fraction of sp³-hybridized carbons (Fsp3) is 0.0952. The maximum Gasteiger partial charge on any atom is 0.498 e. The van der Waals surface area contributed by atoms with Crippen molar-refractivity contribution in [2.24, 2.45) is 4.99 Å². The molecule has 0 atom stereocenters. The van der Waals surface area contributed by atoms with Crippen LogP contribution in [0.3, 0.4) is 0 Å². The number of amides is 1. The van der Waals surface area contributed by atoms with Gasteiger partial charge in [-0.1, -0.05) is 18.2 Å². The van der Waals surface area contributed by atoms with Gasteiger partial charge in [0.05, 0.1) is 16.3 Å². The number of hydrazine groups is 1. The van der Waals surface area contributed by atoms with E-state index in [1.165, 1.54) is 49.6 Å². The largest absolute Gasteiger partial charge is 0.498 e. The second-order valence-corrected chi connectivity index (χ2v) is 9.27. The number of carbonyl (C=O) groups excluding carboxylic acids is 1. The van der Waals surface area contributed by atoms with Gasteiger partial charge in [-0.25, -0.2) is 13.4 Å². The van der Waals surface area contributed by atoms with Gasteiger partial charge in [-0.05, 0) is 18.2 Å². The van der Waals surface area contributed by atoms with Crippen LogP contribution in [0.4, 0.5) is 30.2 Å². The fourth-order valence-corrected chi connectivity index (χ4v) is 4.76. The Kier molecular flexibility index (Phi) is 6.65. The van der Waals surface area contributed by atoms with E-state index in [1.807, 2.05) is 0 Å². The van der Waals surface area contributed by atoms with Crippen molar-refractivity contribution in [1.82, 2.24) is 14.8 Å². The summed E-state index contributed by atoms with van der Waals surface area (Å²) in [5.74, 6) is -0.663. The summed E-state index contributed by atoms with van der Waals surface area (Å²) in [4.78, 5) is 19.1. The molecule has 1 amide bonds. The van der Waals surface area contributed by atoms with Crippen molar-refractivity contribution in [3.8, 4) is 11.5 Å². The summed E-state index contributed by atoms with van der Waals surface area (Å²) >= 11 is 5.86. The molecule has 0 saturated carbocycles. The lowest BCUT2D eigenvalue weighted by atomic mass is 10.2. The number of pyridine rings is 1. The van der Waals surface area contributed by atoms with Crippen LogP contribution < -0.4 is 19.8 Å². The Balaban J connectivity index is 1.88. The van der Waals surface area contributed by atoms with Crippen molar-refractivity contribution >= 4 is 51.1 Å². The first-order valence-corrected chi connectivity index (χ1v) is 11.8. The number of rotatable bonds is 6. The summed E-state index contributed by atoms with van der Waals surface area (Å²) in [6.45, 7) is 0. The van der Waals surface area contributed by atoms with Crippen molar-refractivity contribution in [2.45, 2.75) is 11.2 Å². The highest BCUT2D eigenvalue weighted by Crippen LogP contribution is 2.47. The molecule has 10 nitrogen and oxygen atoms in total. The van der Waals surface area contributed by atoms with Crippen LogP contribution in [0.25, 0.3) is 0 Å². The Morgan fingerprint density at radius 1 is 1.14 bits per heavy atom. The third-order valence-corrected chi connectivity index (χ3v) is 6.66. The summed E-state index contributed by atoms with van der Waals surface area (Å²) in [5.41, 5.74) is 1.30. The average molecular weight is 541 g/mol. The molecular weight excluding hydrogens is 525 g/mol. The molecule has 0 unspecified atom stereocenters. The minimum atomic E-state index is -5.38. The molecule has 0 aliphatic carbocycles. The predicted molar refractivity (Wildman–Crippen MR) is 126 cm³/mol. The highest BCUT2D eigenvalue weighted by molar-refractivity contribution is 7.92.